The van der Waals surface area contributed by atoms with Crippen LogP contribution in [0.3, 0.4) is 0 Å². The number of H-pyrrole nitrogens is 1. The van der Waals surface area contributed by atoms with Gasteiger partial charge in [0.05, 0.1) is 5.39 Å². The highest BCUT2D eigenvalue weighted by molar-refractivity contribution is 6.05. The van der Waals surface area contributed by atoms with E-state index in [4.69, 9.17) is 0 Å². The number of aromatic nitrogens is 3. The second-order valence-electron chi connectivity index (χ2n) is 6.86. The third kappa shape index (κ3) is 2.59. The van der Waals surface area contributed by atoms with Gasteiger partial charge >= 0.3 is 0 Å². The van der Waals surface area contributed by atoms with E-state index in [-0.39, 0.29) is 18.2 Å². The molecule has 140 valence electrons. The average molecular weight is 376 g/mol. The van der Waals surface area contributed by atoms with Crippen molar-refractivity contribution in [3.63, 3.8) is 0 Å². The summed E-state index contributed by atoms with van der Waals surface area (Å²) in [5.74, 6) is -0.272. The molecule has 0 aliphatic carbocycles. The molecule has 0 radical (unpaired) electrons. The van der Waals surface area contributed by atoms with Crippen molar-refractivity contribution in [2.24, 2.45) is 0 Å². The Morgan fingerprint density at radius 2 is 2.04 bits per heavy atom. The van der Waals surface area contributed by atoms with Crippen molar-refractivity contribution >= 4 is 40.3 Å². The summed E-state index contributed by atoms with van der Waals surface area (Å²) in [5, 5.41) is 6.38. The minimum atomic E-state index is -0.615. The lowest BCUT2D eigenvalue weighted by Crippen LogP contribution is -2.52. The molecule has 1 saturated heterocycles. The number of aromatic amines is 1. The molecule has 4 heterocycles. The molecule has 0 bridgehead atoms. The summed E-state index contributed by atoms with van der Waals surface area (Å²) in [4.78, 5) is 49.4. The van der Waals surface area contributed by atoms with Gasteiger partial charge in [-0.25, -0.2) is 9.97 Å². The Morgan fingerprint density at radius 1 is 1.14 bits per heavy atom. The molecule has 1 fully saturated rings. The van der Waals surface area contributed by atoms with Crippen molar-refractivity contribution in [3.05, 3.63) is 47.9 Å². The molecule has 3 aromatic rings. The van der Waals surface area contributed by atoms with Crippen molar-refractivity contribution in [3.8, 4) is 0 Å². The molecule has 2 aliphatic heterocycles. The third-order valence-electron chi connectivity index (χ3n) is 5.14. The maximum absolute atomic E-state index is 12.9. The van der Waals surface area contributed by atoms with E-state index >= 15 is 0 Å². The largest absolute Gasteiger partial charge is 0.346 e. The predicted octanol–water partition coefficient (Wildman–Crippen LogP) is 1.46. The van der Waals surface area contributed by atoms with Gasteiger partial charge in [-0.1, -0.05) is 6.07 Å². The quantitative estimate of drug-likeness (QED) is 0.595. The number of piperidine rings is 1. The molecule has 1 atom stereocenters. The molecule has 3 N–H and O–H groups in total. The topological polar surface area (TPSA) is 120 Å². The summed E-state index contributed by atoms with van der Waals surface area (Å²) in [5.41, 5.74) is 2.85. The van der Waals surface area contributed by atoms with Crippen molar-refractivity contribution < 1.29 is 14.4 Å². The van der Waals surface area contributed by atoms with Crippen molar-refractivity contribution in [2.75, 3.05) is 5.32 Å². The number of benzene rings is 1. The zero-order chi connectivity index (χ0) is 19.3. The van der Waals surface area contributed by atoms with E-state index < -0.39 is 11.9 Å². The first-order chi connectivity index (χ1) is 13.6. The predicted molar refractivity (Wildman–Crippen MR) is 99.7 cm³/mol. The monoisotopic (exact) mass is 376 g/mol. The second kappa shape index (κ2) is 6.15. The van der Waals surface area contributed by atoms with E-state index in [1.54, 1.807) is 12.3 Å². The van der Waals surface area contributed by atoms with Gasteiger partial charge in [-0.05, 0) is 30.2 Å². The molecule has 9 heteroatoms. The molecule has 5 rings (SSSR count). The van der Waals surface area contributed by atoms with Gasteiger partial charge in [-0.2, -0.15) is 0 Å². The summed E-state index contributed by atoms with van der Waals surface area (Å²) in [6.45, 7) is 0.357. The Balaban J connectivity index is 1.41. The number of hydrogen-bond acceptors (Lipinski definition) is 6. The lowest BCUT2D eigenvalue weighted by atomic mass is 10.0. The first-order valence-corrected chi connectivity index (χ1v) is 8.93. The zero-order valence-electron chi connectivity index (χ0n) is 14.7. The molecule has 0 saturated carbocycles. The van der Waals surface area contributed by atoms with Gasteiger partial charge in [0.2, 0.25) is 11.8 Å². The van der Waals surface area contributed by atoms with E-state index in [1.807, 2.05) is 18.2 Å². The van der Waals surface area contributed by atoms with Crippen molar-refractivity contribution in [1.29, 1.82) is 0 Å². The second-order valence-corrected chi connectivity index (χ2v) is 6.86. The van der Waals surface area contributed by atoms with Gasteiger partial charge in [0, 0.05) is 30.4 Å². The van der Waals surface area contributed by atoms with Crippen molar-refractivity contribution in [2.45, 2.75) is 25.4 Å². The van der Waals surface area contributed by atoms with E-state index in [2.05, 4.69) is 25.6 Å². The maximum Gasteiger partial charge on any atom is 0.255 e. The van der Waals surface area contributed by atoms with Crippen LogP contribution < -0.4 is 10.6 Å². The average Bonchev–Trinajstić information content (AvgIpc) is 3.28. The fraction of sp³-hybridized carbons (Fsp3) is 0.211. The van der Waals surface area contributed by atoms with Crippen LogP contribution in [0.4, 0.5) is 11.5 Å². The van der Waals surface area contributed by atoms with Gasteiger partial charge in [0.1, 0.15) is 23.8 Å². The van der Waals surface area contributed by atoms with Gasteiger partial charge < -0.3 is 15.2 Å². The Morgan fingerprint density at radius 3 is 2.89 bits per heavy atom. The molecular weight excluding hydrogens is 360 g/mol. The summed E-state index contributed by atoms with van der Waals surface area (Å²) in [6, 6.07) is 6.78. The third-order valence-corrected chi connectivity index (χ3v) is 5.14. The Hall–Kier alpha value is -3.75. The van der Waals surface area contributed by atoms with E-state index in [9.17, 15) is 14.4 Å². The molecule has 2 aliphatic rings. The number of fused-ring (bicyclic) bond motifs is 2. The van der Waals surface area contributed by atoms with Crippen LogP contribution in [0.15, 0.2) is 36.8 Å². The number of amides is 3. The summed E-state index contributed by atoms with van der Waals surface area (Å²) in [6.07, 6.45) is 3.84. The number of anilines is 2. The normalized spacial score (nSPS) is 19.1. The van der Waals surface area contributed by atoms with Crippen LogP contribution in [-0.2, 0) is 16.1 Å². The van der Waals surface area contributed by atoms with Crippen molar-refractivity contribution in [1.82, 2.24) is 25.2 Å². The smallest absolute Gasteiger partial charge is 0.255 e. The molecule has 1 aromatic carbocycles. The van der Waals surface area contributed by atoms with Gasteiger partial charge in [-0.15, -0.1) is 0 Å². The van der Waals surface area contributed by atoms with Crippen LogP contribution in [0.25, 0.3) is 11.0 Å². The fourth-order valence-electron chi connectivity index (χ4n) is 3.74. The van der Waals surface area contributed by atoms with Crippen LogP contribution in [0.2, 0.25) is 0 Å². The number of nitrogens with zero attached hydrogens (tertiary/aromatic N) is 3. The molecule has 9 nitrogen and oxygen atoms in total. The van der Waals surface area contributed by atoms with Crippen LogP contribution in [0.5, 0.6) is 0 Å². The molecular formula is C19H16N6O3. The minimum absolute atomic E-state index is 0.206. The Bertz CT molecular complexity index is 1140. The molecule has 3 amide bonds. The SMILES string of the molecule is O=C1CCC(N2Cc3ccc(Nc4ncnc5[nH]ccc45)cc3C2=O)C(=O)N1. The van der Waals surface area contributed by atoms with E-state index in [0.29, 0.717) is 24.3 Å². The van der Waals surface area contributed by atoms with Gasteiger partial charge in [0.25, 0.3) is 5.91 Å². The van der Waals surface area contributed by atoms with Crippen LogP contribution in [-0.4, -0.2) is 43.6 Å². The number of carbonyl (C=O) groups is 3. The van der Waals surface area contributed by atoms with Crippen LogP contribution >= 0.6 is 0 Å². The number of carbonyl (C=O) groups excluding carboxylic acids is 3. The first-order valence-electron chi connectivity index (χ1n) is 8.93. The maximum atomic E-state index is 12.9. The number of rotatable bonds is 3. The summed E-state index contributed by atoms with van der Waals surface area (Å²) in [7, 11) is 0. The number of nitrogens with one attached hydrogen (secondary N) is 3. The Kier molecular flexibility index (Phi) is 3.61. The van der Waals surface area contributed by atoms with Gasteiger partial charge in [-0.3, -0.25) is 19.7 Å². The van der Waals surface area contributed by atoms with Gasteiger partial charge in [0.15, 0.2) is 0 Å². The minimum Gasteiger partial charge on any atom is -0.346 e. The summed E-state index contributed by atoms with van der Waals surface area (Å²) >= 11 is 0. The highest BCUT2D eigenvalue weighted by Crippen LogP contribution is 2.31. The molecule has 28 heavy (non-hydrogen) atoms. The lowest BCUT2D eigenvalue weighted by molar-refractivity contribution is -0.136. The molecule has 1 unspecified atom stereocenters. The van der Waals surface area contributed by atoms with E-state index in [1.165, 1.54) is 11.2 Å². The number of imide groups is 1. The lowest BCUT2D eigenvalue weighted by Gasteiger charge is -2.29. The molecule has 0 spiro atoms. The van der Waals surface area contributed by atoms with Crippen LogP contribution in [0.1, 0.15) is 28.8 Å². The number of hydrogen-bond donors (Lipinski definition) is 3. The summed E-state index contributed by atoms with van der Waals surface area (Å²) < 4.78 is 0. The zero-order valence-corrected chi connectivity index (χ0v) is 14.7. The first kappa shape index (κ1) is 16.4. The molecule has 2 aromatic heterocycles. The highest BCUT2D eigenvalue weighted by atomic mass is 16.2. The van der Waals surface area contributed by atoms with E-state index in [0.717, 1.165) is 22.3 Å². The fourth-order valence-corrected chi connectivity index (χ4v) is 3.74. The Labute approximate surface area is 159 Å². The standard InChI is InChI=1S/C19H16N6O3/c26-15-4-3-14(18(27)24-15)25-8-10-1-2-11(7-13(10)19(25)28)23-17-12-5-6-20-16(12)21-9-22-17/h1-2,5-7,9,14H,3-4,8H2,(H,24,26,27)(H2,20,21,22,23). The highest BCUT2D eigenvalue weighted by Gasteiger charge is 2.39. The van der Waals surface area contributed by atoms with Crippen LogP contribution in [0, 0.1) is 0 Å².